The SMILES string of the molecule is COC(=O)c1ccc(NC(=O)C2(C(=O)Nc3ccc(N(C)C)cc3)CC2)cc1. The summed E-state index contributed by atoms with van der Waals surface area (Å²) in [4.78, 5) is 38.8. The van der Waals surface area contributed by atoms with E-state index in [2.05, 4.69) is 15.4 Å². The Bertz CT molecular complexity index is 885. The number of nitrogens with zero attached hydrogens (tertiary/aromatic N) is 1. The van der Waals surface area contributed by atoms with Crippen LogP contribution in [-0.4, -0.2) is 39.0 Å². The zero-order valence-corrected chi connectivity index (χ0v) is 16.1. The van der Waals surface area contributed by atoms with Crippen molar-refractivity contribution in [1.29, 1.82) is 0 Å². The van der Waals surface area contributed by atoms with Gasteiger partial charge in [-0.25, -0.2) is 4.79 Å². The van der Waals surface area contributed by atoms with E-state index < -0.39 is 11.4 Å². The molecule has 0 atom stereocenters. The van der Waals surface area contributed by atoms with Gasteiger partial charge in [-0.2, -0.15) is 0 Å². The van der Waals surface area contributed by atoms with Crippen molar-refractivity contribution in [2.24, 2.45) is 5.41 Å². The fourth-order valence-corrected chi connectivity index (χ4v) is 2.83. The molecule has 0 radical (unpaired) electrons. The molecule has 2 amide bonds. The molecular weight excluding hydrogens is 358 g/mol. The average molecular weight is 381 g/mol. The van der Waals surface area contributed by atoms with Gasteiger partial charge in [-0.3, -0.25) is 9.59 Å². The first-order valence-electron chi connectivity index (χ1n) is 8.94. The molecule has 1 aliphatic carbocycles. The third kappa shape index (κ3) is 3.98. The molecule has 0 unspecified atom stereocenters. The van der Waals surface area contributed by atoms with Gasteiger partial charge in [0, 0.05) is 31.2 Å². The van der Waals surface area contributed by atoms with Crippen molar-refractivity contribution in [2.45, 2.75) is 12.8 Å². The Morgan fingerprint density at radius 3 is 1.71 bits per heavy atom. The first-order valence-corrected chi connectivity index (χ1v) is 8.94. The van der Waals surface area contributed by atoms with Crippen molar-refractivity contribution in [1.82, 2.24) is 0 Å². The Kier molecular flexibility index (Phi) is 5.35. The summed E-state index contributed by atoms with van der Waals surface area (Å²) in [6.07, 6.45) is 1.00. The smallest absolute Gasteiger partial charge is 0.337 e. The van der Waals surface area contributed by atoms with Crippen molar-refractivity contribution < 1.29 is 19.1 Å². The molecule has 1 fully saturated rings. The summed E-state index contributed by atoms with van der Waals surface area (Å²) in [6.45, 7) is 0. The summed E-state index contributed by atoms with van der Waals surface area (Å²) >= 11 is 0. The van der Waals surface area contributed by atoms with Crippen LogP contribution in [0.4, 0.5) is 17.1 Å². The van der Waals surface area contributed by atoms with E-state index in [1.807, 2.05) is 43.3 Å². The third-order valence-corrected chi connectivity index (χ3v) is 4.82. The van der Waals surface area contributed by atoms with Crippen molar-refractivity contribution in [3.63, 3.8) is 0 Å². The summed E-state index contributed by atoms with van der Waals surface area (Å²) < 4.78 is 4.65. The molecule has 7 nitrogen and oxygen atoms in total. The molecule has 0 saturated heterocycles. The highest BCUT2D eigenvalue weighted by Crippen LogP contribution is 2.47. The van der Waals surface area contributed by atoms with E-state index in [0.717, 1.165) is 5.69 Å². The maximum Gasteiger partial charge on any atom is 0.337 e. The number of esters is 1. The zero-order valence-electron chi connectivity index (χ0n) is 16.1. The van der Waals surface area contributed by atoms with E-state index in [0.29, 0.717) is 29.8 Å². The number of benzene rings is 2. The molecule has 1 aliphatic rings. The summed E-state index contributed by atoms with van der Waals surface area (Å²) in [7, 11) is 5.19. The number of anilines is 3. The Morgan fingerprint density at radius 1 is 0.857 bits per heavy atom. The van der Waals surface area contributed by atoms with Gasteiger partial charge in [0.25, 0.3) is 0 Å². The van der Waals surface area contributed by atoms with E-state index >= 15 is 0 Å². The number of amides is 2. The normalized spacial score (nSPS) is 14.0. The molecule has 28 heavy (non-hydrogen) atoms. The molecule has 0 heterocycles. The van der Waals surface area contributed by atoms with E-state index in [9.17, 15) is 14.4 Å². The summed E-state index contributed by atoms with van der Waals surface area (Å²) in [5, 5.41) is 5.59. The average Bonchev–Trinajstić information content (AvgIpc) is 3.50. The molecule has 1 saturated carbocycles. The minimum Gasteiger partial charge on any atom is -0.465 e. The number of rotatable bonds is 6. The highest BCUT2D eigenvalue weighted by atomic mass is 16.5. The van der Waals surface area contributed by atoms with E-state index in [1.165, 1.54) is 7.11 Å². The zero-order chi connectivity index (χ0) is 20.3. The lowest BCUT2D eigenvalue weighted by Crippen LogP contribution is -2.35. The second kappa shape index (κ2) is 7.72. The number of hydrogen-bond acceptors (Lipinski definition) is 5. The molecule has 2 N–H and O–H groups in total. The third-order valence-electron chi connectivity index (χ3n) is 4.82. The second-order valence-corrected chi connectivity index (χ2v) is 7.00. The lowest BCUT2D eigenvalue weighted by molar-refractivity contribution is -0.131. The van der Waals surface area contributed by atoms with Gasteiger partial charge in [0.1, 0.15) is 5.41 Å². The molecular formula is C21H23N3O4. The minimum absolute atomic E-state index is 0.311. The van der Waals surface area contributed by atoms with Crippen LogP contribution < -0.4 is 15.5 Å². The lowest BCUT2D eigenvalue weighted by atomic mass is 10.0. The molecule has 0 spiro atoms. The lowest BCUT2D eigenvalue weighted by Gasteiger charge is -2.17. The number of nitrogens with one attached hydrogen (secondary N) is 2. The minimum atomic E-state index is -1.05. The van der Waals surface area contributed by atoms with Crippen LogP contribution in [0.1, 0.15) is 23.2 Å². The van der Waals surface area contributed by atoms with Crippen LogP contribution in [0.25, 0.3) is 0 Å². The summed E-state index contributed by atoms with van der Waals surface area (Å²) in [5.41, 5.74) is 1.53. The Morgan fingerprint density at radius 2 is 1.32 bits per heavy atom. The number of carbonyl (C=O) groups is 3. The van der Waals surface area contributed by atoms with Crippen molar-refractivity contribution >= 4 is 34.8 Å². The maximum absolute atomic E-state index is 12.7. The highest BCUT2D eigenvalue weighted by molar-refractivity contribution is 6.17. The molecule has 2 aromatic carbocycles. The number of ether oxygens (including phenoxy) is 1. The largest absolute Gasteiger partial charge is 0.465 e. The number of methoxy groups -OCH3 is 1. The first-order chi connectivity index (χ1) is 13.4. The topological polar surface area (TPSA) is 87.7 Å². The fraction of sp³-hybridized carbons (Fsp3) is 0.286. The van der Waals surface area contributed by atoms with E-state index in [4.69, 9.17) is 0 Å². The van der Waals surface area contributed by atoms with Crippen molar-refractivity contribution in [3.8, 4) is 0 Å². The molecule has 7 heteroatoms. The Hall–Kier alpha value is -3.35. The van der Waals surface area contributed by atoms with Gasteiger partial charge in [0.05, 0.1) is 12.7 Å². The van der Waals surface area contributed by atoms with Gasteiger partial charge in [-0.05, 0) is 61.4 Å². The standard InChI is InChI=1S/C21H23N3O4/c1-24(2)17-10-8-16(9-11-17)23-20(27)21(12-13-21)19(26)22-15-6-4-14(5-7-15)18(25)28-3/h4-11H,12-13H2,1-3H3,(H,22,26)(H,23,27). The predicted octanol–water partition coefficient (Wildman–Crippen LogP) is 2.90. The highest BCUT2D eigenvalue weighted by Gasteiger charge is 2.56. The Labute approximate surface area is 163 Å². The summed E-state index contributed by atoms with van der Waals surface area (Å²) in [6, 6.07) is 13.8. The van der Waals surface area contributed by atoms with Gasteiger partial charge in [-0.15, -0.1) is 0 Å². The van der Waals surface area contributed by atoms with Crippen LogP contribution in [-0.2, 0) is 14.3 Å². The van der Waals surface area contributed by atoms with Gasteiger partial charge >= 0.3 is 5.97 Å². The van der Waals surface area contributed by atoms with Crippen LogP contribution in [0, 0.1) is 5.41 Å². The molecule has 0 bridgehead atoms. The van der Waals surface area contributed by atoms with Crippen molar-refractivity contribution in [2.75, 3.05) is 36.7 Å². The number of carbonyl (C=O) groups excluding carboxylic acids is 3. The van der Waals surface area contributed by atoms with Gasteiger partial charge in [0.15, 0.2) is 0 Å². The summed E-state index contributed by atoms with van der Waals surface area (Å²) in [5.74, 6) is -1.11. The van der Waals surface area contributed by atoms with Crippen molar-refractivity contribution in [3.05, 3.63) is 54.1 Å². The predicted molar refractivity (Wildman–Crippen MR) is 107 cm³/mol. The number of hydrogen-bond donors (Lipinski definition) is 2. The van der Waals surface area contributed by atoms with Crippen LogP contribution in [0.2, 0.25) is 0 Å². The first kappa shape index (κ1) is 19.4. The molecule has 0 aliphatic heterocycles. The van der Waals surface area contributed by atoms with E-state index in [1.54, 1.807) is 24.3 Å². The molecule has 3 rings (SSSR count). The Balaban J connectivity index is 1.64. The van der Waals surface area contributed by atoms with Crippen LogP contribution >= 0.6 is 0 Å². The van der Waals surface area contributed by atoms with Crippen LogP contribution in [0.3, 0.4) is 0 Å². The quantitative estimate of drug-likeness (QED) is 0.593. The van der Waals surface area contributed by atoms with Gasteiger partial charge in [-0.1, -0.05) is 0 Å². The van der Waals surface area contributed by atoms with E-state index in [-0.39, 0.29) is 11.8 Å². The molecule has 2 aromatic rings. The van der Waals surface area contributed by atoms with Crippen LogP contribution in [0.15, 0.2) is 48.5 Å². The molecule has 0 aromatic heterocycles. The molecule has 146 valence electrons. The fourth-order valence-electron chi connectivity index (χ4n) is 2.83. The monoisotopic (exact) mass is 381 g/mol. The van der Waals surface area contributed by atoms with Gasteiger partial charge in [0.2, 0.25) is 11.8 Å². The van der Waals surface area contributed by atoms with Crippen LogP contribution in [0.5, 0.6) is 0 Å². The second-order valence-electron chi connectivity index (χ2n) is 7.00. The van der Waals surface area contributed by atoms with Gasteiger partial charge < -0.3 is 20.3 Å². The maximum atomic E-state index is 12.7.